The first-order valence-electron chi connectivity index (χ1n) is 7.04. The van der Waals surface area contributed by atoms with Crippen molar-refractivity contribution in [2.45, 2.75) is 32.9 Å². The normalized spacial score (nSPS) is 23.7. The van der Waals surface area contributed by atoms with Crippen molar-refractivity contribution >= 4 is 5.69 Å². The Morgan fingerprint density at radius 2 is 2.26 bits per heavy atom. The van der Waals surface area contributed by atoms with Crippen molar-refractivity contribution in [3.8, 4) is 0 Å². The van der Waals surface area contributed by atoms with Crippen LogP contribution in [0.25, 0.3) is 0 Å². The van der Waals surface area contributed by atoms with Gasteiger partial charge in [-0.2, -0.15) is 0 Å². The molecule has 1 fully saturated rings. The fourth-order valence-corrected chi connectivity index (χ4v) is 2.54. The number of rotatable bonds is 4. The van der Waals surface area contributed by atoms with Crippen molar-refractivity contribution in [1.29, 1.82) is 0 Å². The van der Waals surface area contributed by atoms with Gasteiger partial charge in [0, 0.05) is 19.6 Å². The number of piperidine rings is 1. The molecule has 0 amide bonds. The van der Waals surface area contributed by atoms with Gasteiger partial charge in [-0.15, -0.1) is 0 Å². The summed E-state index contributed by atoms with van der Waals surface area (Å²) in [4.78, 5) is 2.03. The van der Waals surface area contributed by atoms with Crippen LogP contribution in [0.3, 0.4) is 0 Å². The number of halogens is 1. The van der Waals surface area contributed by atoms with E-state index in [0.717, 1.165) is 18.7 Å². The van der Waals surface area contributed by atoms with E-state index in [1.165, 1.54) is 0 Å². The fraction of sp³-hybridized carbons (Fsp3) is 0.600. The molecule has 0 aromatic heterocycles. The molecule has 1 aromatic rings. The molecule has 1 aliphatic rings. The highest BCUT2D eigenvalue weighted by Gasteiger charge is 2.25. The fourth-order valence-electron chi connectivity index (χ4n) is 2.54. The Labute approximate surface area is 114 Å². The number of nitrogens with zero attached hydrogens (tertiary/aromatic N) is 1. The molecule has 1 heterocycles. The zero-order valence-electron chi connectivity index (χ0n) is 11.7. The van der Waals surface area contributed by atoms with Gasteiger partial charge in [0.1, 0.15) is 5.82 Å². The van der Waals surface area contributed by atoms with E-state index in [-0.39, 0.29) is 17.8 Å². The maximum absolute atomic E-state index is 14.2. The van der Waals surface area contributed by atoms with Gasteiger partial charge in [0.15, 0.2) is 0 Å². The summed E-state index contributed by atoms with van der Waals surface area (Å²) in [5.74, 6) is 0.0218. The molecule has 1 aromatic carbocycles. The first-order valence-corrected chi connectivity index (χ1v) is 7.04. The van der Waals surface area contributed by atoms with Gasteiger partial charge < -0.3 is 15.3 Å². The molecule has 1 saturated heterocycles. The topological polar surface area (TPSA) is 35.5 Å². The average Bonchev–Trinajstić information content (AvgIpc) is 2.40. The predicted molar refractivity (Wildman–Crippen MR) is 75.8 cm³/mol. The third-order valence-corrected chi connectivity index (χ3v) is 3.79. The number of aliphatic hydroxyl groups excluding tert-OH is 1. The second-order valence-corrected chi connectivity index (χ2v) is 5.35. The van der Waals surface area contributed by atoms with Crippen LogP contribution in [-0.2, 0) is 6.54 Å². The molecule has 0 radical (unpaired) electrons. The molecule has 1 aliphatic heterocycles. The van der Waals surface area contributed by atoms with Crippen molar-refractivity contribution in [1.82, 2.24) is 5.32 Å². The minimum Gasteiger partial charge on any atom is -0.393 e. The van der Waals surface area contributed by atoms with Crippen molar-refractivity contribution in [2.24, 2.45) is 5.92 Å². The number of hydrogen-bond acceptors (Lipinski definition) is 3. The van der Waals surface area contributed by atoms with Gasteiger partial charge in [0.05, 0.1) is 11.8 Å². The van der Waals surface area contributed by atoms with Crippen LogP contribution in [-0.4, -0.2) is 30.8 Å². The van der Waals surface area contributed by atoms with Crippen LogP contribution < -0.4 is 10.2 Å². The Kier molecular flexibility index (Phi) is 4.77. The lowest BCUT2D eigenvalue weighted by Crippen LogP contribution is -2.42. The number of aliphatic hydroxyl groups is 1. The summed E-state index contributed by atoms with van der Waals surface area (Å²) < 4.78 is 14.2. The molecule has 106 valence electrons. The maximum Gasteiger partial charge on any atom is 0.146 e. The van der Waals surface area contributed by atoms with Gasteiger partial charge in [0.2, 0.25) is 0 Å². The van der Waals surface area contributed by atoms with Gasteiger partial charge in [-0.3, -0.25) is 0 Å². The number of benzene rings is 1. The first kappa shape index (κ1) is 14.3. The molecule has 2 N–H and O–H groups in total. The molecule has 19 heavy (non-hydrogen) atoms. The van der Waals surface area contributed by atoms with E-state index >= 15 is 0 Å². The Bertz CT molecular complexity index is 425. The lowest BCUT2D eigenvalue weighted by atomic mass is 9.96. The van der Waals surface area contributed by atoms with E-state index in [2.05, 4.69) is 5.32 Å². The van der Waals surface area contributed by atoms with Crippen LogP contribution in [0.15, 0.2) is 18.2 Å². The van der Waals surface area contributed by atoms with Crippen molar-refractivity contribution in [3.05, 3.63) is 29.6 Å². The summed E-state index contributed by atoms with van der Waals surface area (Å²) in [6.45, 7) is 7.05. The zero-order chi connectivity index (χ0) is 13.8. The molecule has 2 unspecified atom stereocenters. The van der Waals surface area contributed by atoms with Gasteiger partial charge in [-0.25, -0.2) is 4.39 Å². The van der Waals surface area contributed by atoms with Crippen LogP contribution in [0.4, 0.5) is 10.1 Å². The quantitative estimate of drug-likeness (QED) is 0.876. The zero-order valence-corrected chi connectivity index (χ0v) is 11.7. The molecular weight excluding hydrogens is 243 g/mol. The smallest absolute Gasteiger partial charge is 0.146 e. The van der Waals surface area contributed by atoms with Crippen LogP contribution in [0.5, 0.6) is 0 Å². The summed E-state index contributed by atoms with van der Waals surface area (Å²) in [5.41, 5.74) is 1.62. The summed E-state index contributed by atoms with van der Waals surface area (Å²) >= 11 is 0. The molecule has 0 spiro atoms. The van der Waals surface area contributed by atoms with E-state index in [4.69, 9.17) is 0 Å². The van der Waals surface area contributed by atoms with Crippen molar-refractivity contribution in [2.75, 3.05) is 24.5 Å². The molecule has 2 rings (SSSR count). The number of nitrogens with one attached hydrogen (secondary N) is 1. The largest absolute Gasteiger partial charge is 0.393 e. The highest BCUT2D eigenvalue weighted by atomic mass is 19.1. The SMILES string of the molecule is CCNCc1ccc(N2CCC(O)C(C)C2)c(F)c1. The summed E-state index contributed by atoms with van der Waals surface area (Å²) in [7, 11) is 0. The molecule has 4 heteroatoms. The minimum atomic E-state index is -0.257. The average molecular weight is 266 g/mol. The molecule has 0 saturated carbocycles. The summed E-state index contributed by atoms with van der Waals surface area (Å²) in [6.07, 6.45) is 0.451. The number of anilines is 1. The van der Waals surface area contributed by atoms with Crippen LogP contribution in [0.2, 0.25) is 0 Å². The van der Waals surface area contributed by atoms with Gasteiger partial charge >= 0.3 is 0 Å². The lowest BCUT2D eigenvalue weighted by Gasteiger charge is -2.36. The predicted octanol–water partition coefficient (Wildman–Crippen LogP) is 2.14. The molecular formula is C15H23FN2O. The maximum atomic E-state index is 14.2. The van der Waals surface area contributed by atoms with E-state index in [1.807, 2.05) is 30.9 Å². The highest BCUT2D eigenvalue weighted by molar-refractivity contribution is 5.49. The Hall–Kier alpha value is -1.13. The summed E-state index contributed by atoms with van der Waals surface area (Å²) in [5, 5.41) is 12.9. The van der Waals surface area contributed by atoms with E-state index in [9.17, 15) is 9.50 Å². The second kappa shape index (κ2) is 6.35. The Balaban J connectivity index is 2.08. The van der Waals surface area contributed by atoms with Crippen molar-refractivity contribution < 1.29 is 9.50 Å². The second-order valence-electron chi connectivity index (χ2n) is 5.35. The first-order chi connectivity index (χ1) is 9.11. The summed E-state index contributed by atoms with van der Waals surface area (Å²) in [6, 6.07) is 5.43. The van der Waals surface area contributed by atoms with E-state index in [1.54, 1.807) is 6.07 Å². The molecule has 2 atom stereocenters. The highest BCUT2D eigenvalue weighted by Crippen LogP contribution is 2.26. The van der Waals surface area contributed by atoms with E-state index in [0.29, 0.717) is 25.2 Å². The third-order valence-electron chi connectivity index (χ3n) is 3.79. The molecule has 0 bridgehead atoms. The van der Waals surface area contributed by atoms with Gasteiger partial charge in [-0.05, 0) is 36.6 Å². The van der Waals surface area contributed by atoms with Crippen LogP contribution in [0, 0.1) is 11.7 Å². The Morgan fingerprint density at radius 3 is 2.89 bits per heavy atom. The minimum absolute atomic E-state index is 0.168. The molecule has 3 nitrogen and oxygen atoms in total. The standard InChI is InChI=1S/C15H23FN2O/c1-3-17-9-12-4-5-14(13(16)8-12)18-7-6-15(19)11(2)10-18/h4-5,8,11,15,17,19H,3,6-7,9-10H2,1-2H3. The lowest BCUT2D eigenvalue weighted by molar-refractivity contribution is 0.0969. The third kappa shape index (κ3) is 3.45. The van der Waals surface area contributed by atoms with Gasteiger partial charge in [-0.1, -0.05) is 19.9 Å². The monoisotopic (exact) mass is 266 g/mol. The van der Waals surface area contributed by atoms with Crippen molar-refractivity contribution in [3.63, 3.8) is 0 Å². The van der Waals surface area contributed by atoms with Gasteiger partial charge in [0.25, 0.3) is 0 Å². The van der Waals surface area contributed by atoms with Crippen LogP contribution in [0.1, 0.15) is 25.8 Å². The van der Waals surface area contributed by atoms with Crippen LogP contribution >= 0.6 is 0 Å². The Morgan fingerprint density at radius 1 is 1.47 bits per heavy atom. The van der Waals surface area contributed by atoms with E-state index < -0.39 is 0 Å². The molecule has 0 aliphatic carbocycles. The number of hydrogen-bond donors (Lipinski definition) is 2.